The van der Waals surface area contributed by atoms with Crippen molar-refractivity contribution >= 4 is 34.3 Å². The molecule has 0 N–H and O–H groups in total. The Morgan fingerprint density at radius 1 is 1.70 bits per heavy atom. The Hall–Kier alpha value is -0.770. The number of dihydropyridines is 1. The largest absolute Gasteiger partial charge is 0.298 e. The van der Waals surface area contributed by atoms with Gasteiger partial charge in [-0.05, 0) is 0 Å². The molecule has 0 spiro atoms. The molecule has 1 unspecified atom stereocenters. The highest BCUT2D eigenvalue weighted by Gasteiger charge is 2.13. The van der Waals surface area contributed by atoms with Crippen molar-refractivity contribution in [1.29, 1.82) is 0 Å². The van der Waals surface area contributed by atoms with Crippen LogP contribution >= 0.6 is 15.9 Å². The topological polar surface area (TPSA) is 46.5 Å². The van der Waals surface area contributed by atoms with Crippen molar-refractivity contribution in [2.45, 2.75) is 4.83 Å². The Labute approximate surface area is 66.0 Å². The highest BCUT2D eigenvalue weighted by Crippen LogP contribution is 2.11. The molecule has 0 saturated heterocycles. The van der Waals surface area contributed by atoms with Crippen LogP contribution in [0.5, 0.6) is 0 Å². The summed E-state index contributed by atoms with van der Waals surface area (Å²) in [6.45, 7) is 0. The molecule has 0 fully saturated rings. The van der Waals surface area contributed by atoms with Gasteiger partial charge in [0.2, 0.25) is 0 Å². The van der Waals surface area contributed by atoms with Crippen LogP contribution in [0.3, 0.4) is 0 Å². The first-order valence-corrected chi connectivity index (χ1v) is 3.54. The number of nitrogens with zero attached hydrogens (tertiary/aromatic N) is 1. The maximum atomic E-state index is 10.5. The van der Waals surface area contributed by atoms with Gasteiger partial charge in [0.1, 0.15) is 6.29 Å². The van der Waals surface area contributed by atoms with E-state index in [4.69, 9.17) is 0 Å². The molecular weight excluding hydrogens is 198 g/mol. The number of aliphatic imine (C=N–C) groups is 1. The van der Waals surface area contributed by atoms with Crippen molar-refractivity contribution in [3.05, 3.63) is 11.6 Å². The summed E-state index contributed by atoms with van der Waals surface area (Å²) in [5, 5.41) is 0. The second-order valence-electron chi connectivity index (χ2n) is 1.78. The fourth-order valence-electron chi connectivity index (χ4n) is 0.583. The minimum atomic E-state index is -0.377. The van der Waals surface area contributed by atoms with Crippen LogP contribution in [-0.4, -0.2) is 23.2 Å². The van der Waals surface area contributed by atoms with Crippen molar-refractivity contribution in [2.24, 2.45) is 4.99 Å². The molecule has 1 amide bonds. The molecule has 0 bridgehead atoms. The van der Waals surface area contributed by atoms with E-state index in [-0.39, 0.29) is 10.7 Å². The second kappa shape index (κ2) is 2.88. The third-order valence-corrected chi connectivity index (χ3v) is 1.84. The smallest absolute Gasteiger partial charge is 0.269 e. The number of alkyl halides is 1. The Morgan fingerprint density at radius 2 is 2.40 bits per heavy atom. The molecule has 0 aromatic carbocycles. The first-order chi connectivity index (χ1) is 4.74. The van der Waals surface area contributed by atoms with Gasteiger partial charge in [0.25, 0.3) is 5.91 Å². The zero-order valence-corrected chi connectivity index (χ0v) is 6.54. The lowest BCUT2D eigenvalue weighted by Gasteiger charge is -2.04. The van der Waals surface area contributed by atoms with Gasteiger partial charge in [-0.15, -0.1) is 0 Å². The van der Waals surface area contributed by atoms with Crippen LogP contribution in [0, 0.1) is 0 Å². The average molecular weight is 202 g/mol. The normalized spacial score (nSPS) is 24.3. The lowest BCUT2D eigenvalue weighted by atomic mass is 10.2. The van der Waals surface area contributed by atoms with E-state index >= 15 is 0 Å². The molecule has 1 aliphatic rings. The SMILES string of the molecule is O=CC1=CC(=O)N=CC1Br. The van der Waals surface area contributed by atoms with Gasteiger partial charge in [-0.25, -0.2) is 4.99 Å². The summed E-state index contributed by atoms with van der Waals surface area (Å²) >= 11 is 3.14. The molecule has 1 atom stereocenters. The second-order valence-corrected chi connectivity index (χ2v) is 2.77. The molecule has 0 aromatic heterocycles. The van der Waals surface area contributed by atoms with Crippen molar-refractivity contribution in [3.63, 3.8) is 0 Å². The molecular formula is C6H4BrNO2. The van der Waals surface area contributed by atoms with E-state index in [1.54, 1.807) is 0 Å². The van der Waals surface area contributed by atoms with E-state index < -0.39 is 0 Å². The van der Waals surface area contributed by atoms with Crippen molar-refractivity contribution in [1.82, 2.24) is 0 Å². The zero-order chi connectivity index (χ0) is 7.56. The summed E-state index contributed by atoms with van der Waals surface area (Å²) in [7, 11) is 0. The highest BCUT2D eigenvalue weighted by atomic mass is 79.9. The van der Waals surface area contributed by atoms with Crippen molar-refractivity contribution < 1.29 is 9.59 Å². The van der Waals surface area contributed by atoms with Crippen molar-refractivity contribution in [3.8, 4) is 0 Å². The number of aldehydes is 1. The number of carbonyl (C=O) groups excluding carboxylic acids is 2. The molecule has 52 valence electrons. The first kappa shape index (κ1) is 7.34. The molecule has 1 heterocycles. The Balaban J connectivity index is 2.88. The van der Waals surface area contributed by atoms with Gasteiger partial charge in [-0.2, -0.15) is 0 Å². The number of amides is 1. The first-order valence-electron chi connectivity index (χ1n) is 2.63. The average Bonchev–Trinajstić information content (AvgIpc) is 1.94. The van der Waals surface area contributed by atoms with Gasteiger partial charge in [-0.1, -0.05) is 15.9 Å². The standard InChI is InChI=1S/C6H4BrNO2/c7-5-2-8-6(10)1-4(5)3-9/h1-3,5H. The van der Waals surface area contributed by atoms with E-state index in [2.05, 4.69) is 20.9 Å². The number of halogens is 1. The van der Waals surface area contributed by atoms with Gasteiger partial charge < -0.3 is 0 Å². The van der Waals surface area contributed by atoms with E-state index in [1.165, 1.54) is 12.3 Å². The van der Waals surface area contributed by atoms with Crippen LogP contribution in [0.4, 0.5) is 0 Å². The molecule has 1 aliphatic heterocycles. The van der Waals surface area contributed by atoms with E-state index in [9.17, 15) is 9.59 Å². The fourth-order valence-corrected chi connectivity index (χ4v) is 0.942. The van der Waals surface area contributed by atoms with Crippen LogP contribution in [0.25, 0.3) is 0 Å². The molecule has 0 aromatic rings. The predicted octanol–water partition coefficient (Wildman–Crippen LogP) is 0.486. The summed E-state index contributed by atoms with van der Waals surface area (Å²) in [5.74, 6) is -0.377. The minimum Gasteiger partial charge on any atom is -0.298 e. The quantitative estimate of drug-likeness (QED) is 0.458. The minimum absolute atomic E-state index is 0.206. The zero-order valence-electron chi connectivity index (χ0n) is 4.95. The van der Waals surface area contributed by atoms with Crippen molar-refractivity contribution in [2.75, 3.05) is 0 Å². The summed E-state index contributed by atoms with van der Waals surface area (Å²) < 4.78 is 0. The maximum absolute atomic E-state index is 10.5. The molecule has 10 heavy (non-hydrogen) atoms. The number of hydrogen-bond acceptors (Lipinski definition) is 2. The Kier molecular flexibility index (Phi) is 2.11. The molecule has 4 heteroatoms. The summed E-state index contributed by atoms with van der Waals surface area (Å²) in [6, 6.07) is 0. The summed E-state index contributed by atoms with van der Waals surface area (Å²) in [6.07, 6.45) is 3.25. The molecule has 0 saturated carbocycles. The van der Waals surface area contributed by atoms with Gasteiger partial charge in [0.05, 0.1) is 4.83 Å². The number of rotatable bonds is 1. The summed E-state index contributed by atoms with van der Waals surface area (Å²) in [5.41, 5.74) is 0.417. The number of allylic oxidation sites excluding steroid dienone is 1. The lowest BCUT2D eigenvalue weighted by Crippen LogP contribution is -2.12. The number of hydrogen-bond donors (Lipinski definition) is 0. The Bertz CT molecular complexity index is 232. The third-order valence-electron chi connectivity index (χ3n) is 1.08. The van der Waals surface area contributed by atoms with E-state index in [1.807, 2.05) is 0 Å². The van der Waals surface area contributed by atoms with Crippen LogP contribution in [0.1, 0.15) is 0 Å². The van der Waals surface area contributed by atoms with Gasteiger partial charge in [0, 0.05) is 17.9 Å². The van der Waals surface area contributed by atoms with E-state index in [0.717, 1.165) is 0 Å². The monoisotopic (exact) mass is 201 g/mol. The highest BCUT2D eigenvalue weighted by molar-refractivity contribution is 9.10. The van der Waals surface area contributed by atoms with Gasteiger partial charge in [0.15, 0.2) is 0 Å². The van der Waals surface area contributed by atoms with E-state index in [0.29, 0.717) is 11.9 Å². The maximum Gasteiger partial charge on any atom is 0.269 e. The van der Waals surface area contributed by atoms with Crippen LogP contribution in [0.2, 0.25) is 0 Å². The molecule has 0 aliphatic carbocycles. The number of carbonyl (C=O) groups is 2. The van der Waals surface area contributed by atoms with Crippen LogP contribution in [0.15, 0.2) is 16.6 Å². The molecule has 1 rings (SSSR count). The van der Waals surface area contributed by atoms with Gasteiger partial charge >= 0.3 is 0 Å². The summed E-state index contributed by atoms with van der Waals surface area (Å²) in [4.78, 5) is 24.0. The Morgan fingerprint density at radius 3 is 2.90 bits per heavy atom. The van der Waals surface area contributed by atoms with Gasteiger partial charge in [-0.3, -0.25) is 9.59 Å². The van der Waals surface area contributed by atoms with Crippen LogP contribution in [-0.2, 0) is 9.59 Å². The molecule has 0 radical (unpaired) electrons. The lowest BCUT2D eigenvalue weighted by molar-refractivity contribution is -0.114. The third kappa shape index (κ3) is 1.39. The molecule has 3 nitrogen and oxygen atoms in total. The predicted molar refractivity (Wildman–Crippen MR) is 40.4 cm³/mol. The fraction of sp³-hybridized carbons (Fsp3) is 0.167. The van der Waals surface area contributed by atoms with Crippen LogP contribution < -0.4 is 0 Å².